The second-order valence-electron chi connectivity index (χ2n) is 5.01. The summed E-state index contributed by atoms with van der Waals surface area (Å²) in [6.45, 7) is 5.60. The summed E-state index contributed by atoms with van der Waals surface area (Å²) in [5, 5.41) is 8.73. The molecule has 0 radical (unpaired) electrons. The Balaban J connectivity index is 2.37. The average Bonchev–Trinajstić information content (AvgIpc) is 2.27. The molecule has 1 rings (SSSR count). The fourth-order valence-electron chi connectivity index (χ4n) is 1.34. The summed E-state index contributed by atoms with van der Waals surface area (Å²) in [6.07, 6.45) is 0.151. The van der Waals surface area contributed by atoms with Crippen molar-refractivity contribution < 1.29 is 24.2 Å². The summed E-state index contributed by atoms with van der Waals surface area (Å²) < 4.78 is 10.5. The molecule has 0 amide bonds. The highest BCUT2D eigenvalue weighted by Crippen LogP contribution is 2.13. The van der Waals surface area contributed by atoms with E-state index in [-0.39, 0.29) is 24.6 Å². The van der Waals surface area contributed by atoms with E-state index < -0.39 is 11.6 Å². The fraction of sp³-hybridized carbons (Fsp3) is 0.429. The van der Waals surface area contributed by atoms with Crippen LogP contribution in [0.3, 0.4) is 0 Å². The van der Waals surface area contributed by atoms with Gasteiger partial charge in [-0.1, -0.05) is 0 Å². The van der Waals surface area contributed by atoms with Crippen molar-refractivity contribution in [3.8, 4) is 5.75 Å². The van der Waals surface area contributed by atoms with Gasteiger partial charge in [-0.2, -0.15) is 0 Å². The first-order chi connectivity index (χ1) is 8.78. The van der Waals surface area contributed by atoms with Crippen LogP contribution in [-0.4, -0.2) is 29.3 Å². The molecule has 1 N–H and O–H groups in total. The molecular formula is C14H18O5. The van der Waals surface area contributed by atoms with Crippen LogP contribution in [0.4, 0.5) is 0 Å². The minimum absolute atomic E-state index is 0.151. The van der Waals surface area contributed by atoms with Gasteiger partial charge in [0.2, 0.25) is 0 Å². The lowest BCUT2D eigenvalue weighted by atomic mass is 10.2. The molecule has 104 valence electrons. The van der Waals surface area contributed by atoms with Gasteiger partial charge in [0, 0.05) is 0 Å². The molecule has 0 saturated heterocycles. The van der Waals surface area contributed by atoms with E-state index in [0.717, 1.165) is 0 Å². The zero-order valence-electron chi connectivity index (χ0n) is 11.3. The number of carbonyl (C=O) groups excluding carboxylic acids is 1. The average molecular weight is 266 g/mol. The number of hydrogen-bond acceptors (Lipinski definition) is 4. The molecule has 1 aromatic carbocycles. The zero-order chi connectivity index (χ0) is 14.5. The van der Waals surface area contributed by atoms with Crippen LogP contribution in [-0.2, 0) is 9.53 Å². The largest absolute Gasteiger partial charge is 0.493 e. The van der Waals surface area contributed by atoms with Gasteiger partial charge in [-0.15, -0.1) is 0 Å². The normalized spacial score (nSPS) is 10.9. The number of aromatic carboxylic acids is 1. The molecule has 0 heterocycles. The lowest BCUT2D eigenvalue weighted by Gasteiger charge is -2.19. The van der Waals surface area contributed by atoms with Crippen molar-refractivity contribution in [2.45, 2.75) is 32.8 Å². The van der Waals surface area contributed by atoms with Crippen molar-refractivity contribution in [1.29, 1.82) is 0 Å². The molecule has 0 spiro atoms. The van der Waals surface area contributed by atoms with Gasteiger partial charge < -0.3 is 14.6 Å². The number of esters is 1. The lowest BCUT2D eigenvalue weighted by Crippen LogP contribution is -2.24. The second-order valence-corrected chi connectivity index (χ2v) is 5.01. The maximum absolute atomic E-state index is 11.4. The van der Waals surface area contributed by atoms with E-state index in [1.54, 1.807) is 32.9 Å². The quantitative estimate of drug-likeness (QED) is 0.829. The predicted octanol–water partition coefficient (Wildman–Crippen LogP) is 2.50. The number of carbonyl (C=O) groups is 2. The summed E-state index contributed by atoms with van der Waals surface area (Å²) in [5.74, 6) is -0.788. The SMILES string of the molecule is CC(C)(C)OC(=O)CCOc1ccc(C(=O)O)cc1. The zero-order valence-corrected chi connectivity index (χ0v) is 11.3. The summed E-state index contributed by atoms with van der Waals surface area (Å²) in [4.78, 5) is 22.1. The number of ether oxygens (including phenoxy) is 2. The third-order valence-electron chi connectivity index (χ3n) is 2.10. The van der Waals surface area contributed by atoms with Crippen molar-refractivity contribution in [2.75, 3.05) is 6.61 Å². The van der Waals surface area contributed by atoms with Gasteiger partial charge in [-0.25, -0.2) is 4.79 Å². The van der Waals surface area contributed by atoms with Gasteiger partial charge in [-0.3, -0.25) is 4.79 Å². The molecule has 5 heteroatoms. The topological polar surface area (TPSA) is 72.8 Å². The smallest absolute Gasteiger partial charge is 0.335 e. The molecule has 1 aromatic rings. The van der Waals surface area contributed by atoms with Crippen LogP contribution in [0.2, 0.25) is 0 Å². The lowest BCUT2D eigenvalue weighted by molar-refractivity contribution is -0.155. The van der Waals surface area contributed by atoms with Gasteiger partial charge in [0.15, 0.2) is 0 Å². The Hall–Kier alpha value is -2.04. The highest BCUT2D eigenvalue weighted by molar-refractivity contribution is 5.87. The Kier molecular flexibility index (Phi) is 4.92. The van der Waals surface area contributed by atoms with E-state index in [1.165, 1.54) is 12.1 Å². The Morgan fingerprint density at radius 2 is 1.74 bits per heavy atom. The molecule has 0 aliphatic heterocycles. The van der Waals surface area contributed by atoms with E-state index in [0.29, 0.717) is 5.75 Å². The Morgan fingerprint density at radius 3 is 2.21 bits per heavy atom. The number of hydrogen-bond donors (Lipinski definition) is 1. The van der Waals surface area contributed by atoms with E-state index in [4.69, 9.17) is 14.6 Å². The van der Waals surface area contributed by atoms with Crippen LogP contribution < -0.4 is 4.74 Å². The molecular weight excluding hydrogens is 248 g/mol. The highest BCUT2D eigenvalue weighted by Gasteiger charge is 2.15. The first-order valence-electron chi connectivity index (χ1n) is 5.96. The molecule has 0 aliphatic carbocycles. The van der Waals surface area contributed by atoms with E-state index in [2.05, 4.69) is 0 Å². The van der Waals surface area contributed by atoms with Gasteiger partial charge in [0.25, 0.3) is 0 Å². The molecule has 0 unspecified atom stereocenters. The predicted molar refractivity (Wildman–Crippen MR) is 69.4 cm³/mol. The van der Waals surface area contributed by atoms with E-state index in [9.17, 15) is 9.59 Å². The van der Waals surface area contributed by atoms with Crippen molar-refractivity contribution in [1.82, 2.24) is 0 Å². The summed E-state index contributed by atoms with van der Waals surface area (Å²) >= 11 is 0. The van der Waals surface area contributed by atoms with Gasteiger partial charge in [0.1, 0.15) is 11.4 Å². The van der Waals surface area contributed by atoms with E-state index >= 15 is 0 Å². The Labute approximate surface area is 112 Å². The maximum Gasteiger partial charge on any atom is 0.335 e. The third kappa shape index (κ3) is 5.90. The van der Waals surface area contributed by atoms with Crippen LogP contribution >= 0.6 is 0 Å². The van der Waals surface area contributed by atoms with Crippen LogP contribution in [0.1, 0.15) is 37.6 Å². The Bertz CT molecular complexity index is 442. The van der Waals surface area contributed by atoms with Crippen LogP contribution in [0.15, 0.2) is 24.3 Å². The monoisotopic (exact) mass is 266 g/mol. The number of rotatable bonds is 5. The van der Waals surface area contributed by atoms with Gasteiger partial charge in [-0.05, 0) is 45.0 Å². The molecule has 0 bridgehead atoms. The molecule has 0 fully saturated rings. The van der Waals surface area contributed by atoms with Crippen molar-refractivity contribution >= 4 is 11.9 Å². The van der Waals surface area contributed by atoms with Gasteiger partial charge >= 0.3 is 11.9 Å². The second kappa shape index (κ2) is 6.22. The van der Waals surface area contributed by atoms with Crippen LogP contribution in [0.25, 0.3) is 0 Å². The van der Waals surface area contributed by atoms with Crippen molar-refractivity contribution in [3.05, 3.63) is 29.8 Å². The Morgan fingerprint density at radius 1 is 1.16 bits per heavy atom. The molecule has 0 saturated carbocycles. The van der Waals surface area contributed by atoms with Crippen molar-refractivity contribution in [2.24, 2.45) is 0 Å². The molecule has 19 heavy (non-hydrogen) atoms. The van der Waals surface area contributed by atoms with E-state index in [1.807, 2.05) is 0 Å². The minimum Gasteiger partial charge on any atom is -0.493 e. The number of benzene rings is 1. The number of carboxylic acids is 1. The van der Waals surface area contributed by atoms with Crippen LogP contribution in [0, 0.1) is 0 Å². The molecule has 5 nitrogen and oxygen atoms in total. The molecule has 0 aliphatic rings. The first-order valence-corrected chi connectivity index (χ1v) is 5.96. The fourth-order valence-corrected chi connectivity index (χ4v) is 1.34. The van der Waals surface area contributed by atoms with Gasteiger partial charge in [0.05, 0.1) is 18.6 Å². The first kappa shape index (κ1) is 15.0. The molecule has 0 atom stereocenters. The maximum atomic E-state index is 11.4. The summed E-state index contributed by atoms with van der Waals surface area (Å²) in [5.41, 5.74) is -0.306. The van der Waals surface area contributed by atoms with Crippen molar-refractivity contribution in [3.63, 3.8) is 0 Å². The summed E-state index contributed by atoms with van der Waals surface area (Å²) in [7, 11) is 0. The van der Waals surface area contributed by atoms with Crippen LogP contribution in [0.5, 0.6) is 5.75 Å². The molecule has 0 aromatic heterocycles. The minimum atomic E-state index is -0.986. The summed E-state index contributed by atoms with van der Waals surface area (Å²) in [6, 6.07) is 6.01. The highest BCUT2D eigenvalue weighted by atomic mass is 16.6. The standard InChI is InChI=1S/C14H18O5/c1-14(2,3)19-12(15)8-9-18-11-6-4-10(5-7-11)13(16)17/h4-7H,8-9H2,1-3H3,(H,16,17). The third-order valence-corrected chi connectivity index (χ3v) is 2.10. The number of carboxylic acid groups (broad SMARTS) is 1.